The Morgan fingerprint density at radius 3 is 2.47 bits per heavy atom. The van der Waals surface area contributed by atoms with E-state index in [1.165, 1.54) is 0 Å². The van der Waals surface area contributed by atoms with Crippen molar-refractivity contribution in [1.29, 1.82) is 0 Å². The Kier molecular flexibility index (Phi) is 6.29. The molecule has 0 saturated carbocycles. The van der Waals surface area contributed by atoms with Gasteiger partial charge in [0.25, 0.3) is 0 Å². The molecule has 0 aromatic heterocycles. The average Bonchev–Trinajstić information content (AvgIpc) is 2.40. The zero-order chi connectivity index (χ0) is 14.3. The van der Waals surface area contributed by atoms with Gasteiger partial charge in [0.15, 0.2) is 0 Å². The molecule has 0 heterocycles. The van der Waals surface area contributed by atoms with Gasteiger partial charge < -0.3 is 15.4 Å². The summed E-state index contributed by atoms with van der Waals surface area (Å²) in [7, 11) is 1.62. The molecule has 0 unspecified atom stereocenters. The number of methoxy groups -OCH3 is 1. The van der Waals surface area contributed by atoms with E-state index in [4.69, 9.17) is 22.7 Å². The highest BCUT2D eigenvalue weighted by atomic mass is 32.1. The summed E-state index contributed by atoms with van der Waals surface area (Å²) in [5.74, 6) is 0.876. The van der Waals surface area contributed by atoms with Crippen molar-refractivity contribution in [2.45, 2.75) is 19.8 Å². The maximum Gasteiger partial charge on any atom is 0.226 e. The number of hydrogen-bond donors (Lipinski definition) is 1. The lowest BCUT2D eigenvalue weighted by Crippen LogP contribution is -2.34. The first-order valence-corrected chi connectivity index (χ1v) is 6.66. The van der Waals surface area contributed by atoms with Crippen molar-refractivity contribution in [3.8, 4) is 5.75 Å². The molecule has 0 fully saturated rings. The number of amides is 1. The number of ether oxygens (including phenoxy) is 1. The monoisotopic (exact) mass is 280 g/mol. The molecule has 0 bridgehead atoms. The summed E-state index contributed by atoms with van der Waals surface area (Å²) < 4.78 is 5.08. The second-order valence-corrected chi connectivity index (χ2v) is 4.74. The Bertz CT molecular complexity index is 432. The number of carbonyl (C=O) groups is 1. The fraction of sp³-hybridized carbons (Fsp3) is 0.429. The van der Waals surface area contributed by atoms with Crippen LogP contribution < -0.4 is 10.5 Å². The van der Waals surface area contributed by atoms with Crippen molar-refractivity contribution in [2.75, 3.05) is 20.2 Å². The normalized spacial score (nSPS) is 10.0. The predicted molar refractivity (Wildman–Crippen MR) is 80.4 cm³/mol. The lowest BCUT2D eigenvalue weighted by atomic mass is 10.1. The number of hydrogen-bond acceptors (Lipinski definition) is 3. The van der Waals surface area contributed by atoms with Crippen molar-refractivity contribution in [2.24, 2.45) is 5.73 Å². The summed E-state index contributed by atoms with van der Waals surface area (Å²) in [6.07, 6.45) is 0.951. The summed E-state index contributed by atoms with van der Waals surface area (Å²) in [6, 6.07) is 7.51. The van der Waals surface area contributed by atoms with E-state index in [1.54, 1.807) is 12.0 Å². The van der Waals surface area contributed by atoms with Crippen LogP contribution in [-0.4, -0.2) is 36.0 Å². The molecule has 19 heavy (non-hydrogen) atoms. The van der Waals surface area contributed by atoms with Gasteiger partial charge in [-0.25, -0.2) is 0 Å². The zero-order valence-electron chi connectivity index (χ0n) is 11.4. The highest BCUT2D eigenvalue weighted by molar-refractivity contribution is 7.80. The van der Waals surface area contributed by atoms with Gasteiger partial charge >= 0.3 is 0 Å². The maximum absolute atomic E-state index is 12.1. The molecule has 1 aromatic rings. The molecule has 0 saturated heterocycles. The Morgan fingerprint density at radius 1 is 1.37 bits per heavy atom. The van der Waals surface area contributed by atoms with Crippen LogP contribution in [0.5, 0.6) is 5.75 Å². The molecule has 1 amide bonds. The van der Waals surface area contributed by atoms with Crippen molar-refractivity contribution < 1.29 is 9.53 Å². The van der Waals surface area contributed by atoms with Crippen LogP contribution in [0.25, 0.3) is 0 Å². The SMILES string of the molecule is CCN(CCC(N)=S)C(=O)Cc1ccc(OC)cc1. The number of carbonyl (C=O) groups excluding carboxylic acids is 1. The molecular weight excluding hydrogens is 260 g/mol. The van der Waals surface area contributed by atoms with Crippen LogP contribution in [0.15, 0.2) is 24.3 Å². The molecule has 0 atom stereocenters. The van der Waals surface area contributed by atoms with E-state index in [2.05, 4.69) is 0 Å². The minimum Gasteiger partial charge on any atom is -0.497 e. The van der Waals surface area contributed by atoms with E-state index in [0.29, 0.717) is 30.9 Å². The van der Waals surface area contributed by atoms with E-state index >= 15 is 0 Å². The van der Waals surface area contributed by atoms with Crippen LogP contribution in [0.3, 0.4) is 0 Å². The van der Waals surface area contributed by atoms with Crippen LogP contribution >= 0.6 is 12.2 Å². The Labute approximate surface area is 119 Å². The number of nitrogens with two attached hydrogens (primary N) is 1. The third-order valence-corrected chi connectivity index (χ3v) is 3.08. The first kappa shape index (κ1) is 15.4. The summed E-state index contributed by atoms with van der Waals surface area (Å²) in [6.45, 7) is 3.20. The number of rotatable bonds is 7. The molecule has 4 nitrogen and oxygen atoms in total. The molecule has 0 aliphatic carbocycles. The molecule has 1 aromatic carbocycles. The molecule has 104 valence electrons. The van der Waals surface area contributed by atoms with Gasteiger partial charge in [0, 0.05) is 19.5 Å². The van der Waals surface area contributed by atoms with Crippen molar-refractivity contribution >= 4 is 23.1 Å². The van der Waals surface area contributed by atoms with Gasteiger partial charge in [-0.15, -0.1) is 0 Å². The van der Waals surface area contributed by atoms with Crippen LogP contribution in [0.2, 0.25) is 0 Å². The summed E-state index contributed by atoms with van der Waals surface area (Å²) >= 11 is 4.83. The molecule has 5 heteroatoms. The smallest absolute Gasteiger partial charge is 0.226 e. The third kappa shape index (κ3) is 5.26. The van der Waals surface area contributed by atoms with Gasteiger partial charge in [0.05, 0.1) is 18.5 Å². The Balaban J connectivity index is 2.57. The standard InChI is InChI=1S/C14H20N2O2S/c1-3-16(9-8-13(15)19)14(17)10-11-4-6-12(18-2)7-5-11/h4-7H,3,8-10H2,1-2H3,(H2,15,19). The molecule has 0 radical (unpaired) electrons. The second kappa shape index (κ2) is 7.74. The minimum atomic E-state index is 0.0870. The quantitative estimate of drug-likeness (QED) is 0.773. The minimum absolute atomic E-state index is 0.0870. The van der Waals surface area contributed by atoms with Crippen molar-refractivity contribution in [1.82, 2.24) is 4.90 Å². The van der Waals surface area contributed by atoms with E-state index in [-0.39, 0.29) is 5.91 Å². The summed E-state index contributed by atoms with van der Waals surface area (Å²) in [5.41, 5.74) is 6.43. The second-order valence-electron chi connectivity index (χ2n) is 4.21. The Hall–Kier alpha value is -1.62. The summed E-state index contributed by atoms with van der Waals surface area (Å²) in [4.78, 5) is 14.3. The van der Waals surface area contributed by atoms with E-state index < -0.39 is 0 Å². The number of nitrogens with zero attached hydrogens (tertiary/aromatic N) is 1. The molecule has 2 N–H and O–H groups in total. The molecule has 0 aliphatic rings. The predicted octanol–water partition coefficient (Wildman–Crippen LogP) is 1.76. The lowest BCUT2D eigenvalue weighted by molar-refractivity contribution is -0.130. The number of thiocarbonyl (C=S) groups is 1. The topological polar surface area (TPSA) is 55.6 Å². The molecule has 0 spiro atoms. The van der Waals surface area contributed by atoms with Gasteiger partial charge in [0.1, 0.15) is 5.75 Å². The van der Waals surface area contributed by atoms with Crippen LogP contribution in [0.4, 0.5) is 0 Å². The molecule has 0 aliphatic heterocycles. The largest absolute Gasteiger partial charge is 0.497 e. The average molecular weight is 280 g/mol. The van der Waals surface area contributed by atoms with Crippen LogP contribution in [-0.2, 0) is 11.2 Å². The Morgan fingerprint density at radius 2 is 2.00 bits per heavy atom. The molecular formula is C14H20N2O2S. The lowest BCUT2D eigenvalue weighted by Gasteiger charge is -2.20. The van der Waals surface area contributed by atoms with Gasteiger partial charge in [-0.1, -0.05) is 24.4 Å². The van der Waals surface area contributed by atoms with E-state index in [9.17, 15) is 4.79 Å². The van der Waals surface area contributed by atoms with Gasteiger partial charge in [-0.3, -0.25) is 4.79 Å². The first-order valence-electron chi connectivity index (χ1n) is 6.25. The zero-order valence-corrected chi connectivity index (χ0v) is 12.2. The van der Waals surface area contributed by atoms with E-state index in [1.807, 2.05) is 31.2 Å². The van der Waals surface area contributed by atoms with Crippen molar-refractivity contribution in [3.63, 3.8) is 0 Å². The maximum atomic E-state index is 12.1. The molecule has 1 rings (SSSR count). The van der Waals surface area contributed by atoms with Gasteiger partial charge in [-0.2, -0.15) is 0 Å². The fourth-order valence-corrected chi connectivity index (χ4v) is 1.83. The number of benzene rings is 1. The fourth-order valence-electron chi connectivity index (χ4n) is 1.73. The van der Waals surface area contributed by atoms with Gasteiger partial charge in [-0.05, 0) is 24.6 Å². The first-order chi connectivity index (χ1) is 9.06. The highest BCUT2D eigenvalue weighted by Crippen LogP contribution is 2.12. The summed E-state index contributed by atoms with van der Waals surface area (Å²) in [5, 5.41) is 0. The van der Waals surface area contributed by atoms with Crippen LogP contribution in [0, 0.1) is 0 Å². The third-order valence-electron chi connectivity index (χ3n) is 2.88. The van der Waals surface area contributed by atoms with Gasteiger partial charge in [0.2, 0.25) is 5.91 Å². The highest BCUT2D eigenvalue weighted by Gasteiger charge is 2.12. The van der Waals surface area contributed by atoms with E-state index in [0.717, 1.165) is 11.3 Å². The number of likely N-dealkylation sites (N-methyl/N-ethyl adjacent to an activating group) is 1. The van der Waals surface area contributed by atoms with Crippen LogP contribution in [0.1, 0.15) is 18.9 Å². The van der Waals surface area contributed by atoms with Crippen molar-refractivity contribution in [3.05, 3.63) is 29.8 Å².